The minimum atomic E-state index is -0.240. The lowest BCUT2D eigenvalue weighted by Gasteiger charge is -2.09. The van der Waals surface area contributed by atoms with Gasteiger partial charge >= 0.3 is 0 Å². The van der Waals surface area contributed by atoms with Gasteiger partial charge in [0.2, 0.25) is 11.8 Å². The number of para-hydroxylation sites is 2. The van der Waals surface area contributed by atoms with Gasteiger partial charge in [-0.3, -0.25) is 9.59 Å². The van der Waals surface area contributed by atoms with E-state index < -0.39 is 0 Å². The predicted octanol–water partition coefficient (Wildman–Crippen LogP) is 3.52. The predicted molar refractivity (Wildman–Crippen MR) is 107 cm³/mol. The van der Waals surface area contributed by atoms with Crippen LogP contribution in [0.15, 0.2) is 42.5 Å². The van der Waals surface area contributed by atoms with Gasteiger partial charge in [-0.15, -0.1) is 0 Å². The Kier molecular flexibility index (Phi) is 7.72. The van der Waals surface area contributed by atoms with Gasteiger partial charge in [0.05, 0.1) is 28.6 Å². The van der Waals surface area contributed by atoms with Crippen LogP contribution in [0.25, 0.3) is 0 Å². The summed E-state index contributed by atoms with van der Waals surface area (Å²) in [5, 5.41) is 9.32. The van der Waals surface area contributed by atoms with Crippen molar-refractivity contribution in [1.29, 1.82) is 0 Å². The summed E-state index contributed by atoms with van der Waals surface area (Å²) in [7, 11) is 0. The standard InChI is InChI=1S/C18H20Cl2N4O2/c19-12-7-8-13(20)16(10-12)24-18(26)11-22-9-3-6-17(25)23-15-5-2-1-4-14(15)21/h1-2,4-5,7-8,10,22H,3,6,9,11,21H2,(H,23,25)(H,24,26). The second-order valence-electron chi connectivity index (χ2n) is 5.59. The summed E-state index contributed by atoms with van der Waals surface area (Å²) in [6.07, 6.45) is 0.910. The molecule has 0 aliphatic rings. The molecule has 26 heavy (non-hydrogen) atoms. The van der Waals surface area contributed by atoms with Crippen LogP contribution < -0.4 is 21.7 Å². The van der Waals surface area contributed by atoms with Gasteiger partial charge in [-0.1, -0.05) is 35.3 Å². The normalized spacial score (nSPS) is 10.4. The molecule has 6 nitrogen and oxygen atoms in total. The van der Waals surface area contributed by atoms with E-state index in [0.717, 1.165) is 0 Å². The van der Waals surface area contributed by atoms with E-state index in [1.165, 1.54) is 0 Å². The van der Waals surface area contributed by atoms with Crippen molar-refractivity contribution in [3.63, 3.8) is 0 Å². The third-order valence-electron chi connectivity index (χ3n) is 3.48. The molecule has 2 aromatic rings. The highest BCUT2D eigenvalue weighted by Gasteiger charge is 2.07. The lowest BCUT2D eigenvalue weighted by molar-refractivity contribution is -0.116. The number of carbonyl (C=O) groups excluding carboxylic acids is 2. The van der Waals surface area contributed by atoms with Gasteiger partial charge in [-0.05, 0) is 43.3 Å². The molecule has 0 saturated heterocycles. The Bertz CT molecular complexity index is 784. The van der Waals surface area contributed by atoms with Crippen LogP contribution in [0.2, 0.25) is 10.0 Å². The molecule has 0 aromatic heterocycles. The molecule has 5 N–H and O–H groups in total. The lowest BCUT2D eigenvalue weighted by Crippen LogP contribution is -2.29. The zero-order valence-corrected chi connectivity index (χ0v) is 15.5. The van der Waals surface area contributed by atoms with E-state index in [4.69, 9.17) is 28.9 Å². The molecule has 0 radical (unpaired) electrons. The lowest BCUT2D eigenvalue weighted by atomic mass is 10.2. The Morgan fingerprint density at radius 1 is 0.962 bits per heavy atom. The van der Waals surface area contributed by atoms with Gasteiger partial charge < -0.3 is 21.7 Å². The van der Waals surface area contributed by atoms with Crippen LogP contribution in [0.5, 0.6) is 0 Å². The van der Waals surface area contributed by atoms with Crippen molar-refractivity contribution in [2.75, 3.05) is 29.5 Å². The Morgan fingerprint density at radius 2 is 1.69 bits per heavy atom. The number of anilines is 3. The zero-order chi connectivity index (χ0) is 18.9. The van der Waals surface area contributed by atoms with Crippen LogP contribution in [-0.2, 0) is 9.59 Å². The van der Waals surface area contributed by atoms with Gasteiger partial charge in [0.1, 0.15) is 0 Å². The average molecular weight is 395 g/mol. The SMILES string of the molecule is Nc1ccccc1NC(=O)CCCNCC(=O)Nc1cc(Cl)ccc1Cl. The highest BCUT2D eigenvalue weighted by Crippen LogP contribution is 2.25. The van der Waals surface area contributed by atoms with Crippen molar-refractivity contribution in [3.8, 4) is 0 Å². The molecule has 0 unspecified atom stereocenters. The fraction of sp³-hybridized carbons (Fsp3) is 0.222. The van der Waals surface area contributed by atoms with Crippen molar-refractivity contribution < 1.29 is 9.59 Å². The highest BCUT2D eigenvalue weighted by atomic mass is 35.5. The molecular formula is C18H20Cl2N4O2. The molecule has 0 saturated carbocycles. The molecule has 0 aliphatic carbocycles. The third-order valence-corrected chi connectivity index (χ3v) is 4.05. The molecule has 2 aromatic carbocycles. The third kappa shape index (κ3) is 6.55. The molecule has 138 valence electrons. The van der Waals surface area contributed by atoms with E-state index in [1.807, 2.05) is 0 Å². The molecule has 2 amide bonds. The maximum absolute atomic E-state index is 11.9. The maximum Gasteiger partial charge on any atom is 0.238 e. The summed E-state index contributed by atoms with van der Waals surface area (Å²) < 4.78 is 0. The molecule has 8 heteroatoms. The minimum Gasteiger partial charge on any atom is -0.397 e. The number of nitrogens with two attached hydrogens (primary N) is 1. The Morgan fingerprint density at radius 3 is 2.46 bits per heavy atom. The molecule has 0 spiro atoms. The molecule has 0 bridgehead atoms. The van der Waals surface area contributed by atoms with Crippen LogP contribution in [0, 0.1) is 0 Å². The summed E-state index contributed by atoms with van der Waals surface area (Å²) >= 11 is 11.9. The van der Waals surface area contributed by atoms with Gasteiger partial charge in [0.25, 0.3) is 0 Å². The first-order valence-electron chi connectivity index (χ1n) is 8.05. The summed E-state index contributed by atoms with van der Waals surface area (Å²) in [6.45, 7) is 0.629. The average Bonchev–Trinajstić information content (AvgIpc) is 2.60. The first kappa shape index (κ1) is 20.0. The number of amides is 2. The van der Waals surface area contributed by atoms with E-state index in [9.17, 15) is 9.59 Å². The Hall–Kier alpha value is -2.28. The molecule has 2 rings (SSSR count). The molecule has 0 fully saturated rings. The Balaban J connectivity index is 1.64. The maximum atomic E-state index is 11.9. The number of rotatable bonds is 8. The van der Waals surface area contributed by atoms with Crippen molar-refractivity contribution >= 4 is 52.1 Å². The topological polar surface area (TPSA) is 96.2 Å². The smallest absolute Gasteiger partial charge is 0.238 e. The zero-order valence-electron chi connectivity index (χ0n) is 14.0. The number of nitrogens with one attached hydrogen (secondary N) is 3. The summed E-state index contributed by atoms with van der Waals surface area (Å²) in [4.78, 5) is 23.8. The Labute approximate surface area is 162 Å². The number of halogens is 2. The molecule has 0 heterocycles. The number of hydrogen-bond acceptors (Lipinski definition) is 4. The quantitative estimate of drug-likeness (QED) is 0.406. The van der Waals surface area contributed by atoms with Crippen LogP contribution in [-0.4, -0.2) is 24.9 Å². The van der Waals surface area contributed by atoms with Crippen LogP contribution in [0.1, 0.15) is 12.8 Å². The highest BCUT2D eigenvalue weighted by molar-refractivity contribution is 6.35. The van der Waals surface area contributed by atoms with Gasteiger partial charge in [0.15, 0.2) is 0 Å². The fourth-order valence-electron chi connectivity index (χ4n) is 2.19. The van der Waals surface area contributed by atoms with Gasteiger partial charge in [0, 0.05) is 11.4 Å². The summed E-state index contributed by atoms with van der Waals surface area (Å²) in [6, 6.07) is 11.9. The number of benzene rings is 2. The van der Waals surface area contributed by atoms with E-state index in [-0.39, 0.29) is 18.4 Å². The largest absolute Gasteiger partial charge is 0.397 e. The summed E-state index contributed by atoms with van der Waals surface area (Å²) in [5.74, 6) is -0.365. The van der Waals surface area contributed by atoms with Crippen LogP contribution in [0.4, 0.5) is 17.1 Å². The minimum absolute atomic E-state index is 0.107. The van der Waals surface area contributed by atoms with E-state index in [1.54, 1.807) is 42.5 Å². The van der Waals surface area contributed by atoms with Crippen LogP contribution >= 0.6 is 23.2 Å². The first-order valence-corrected chi connectivity index (χ1v) is 8.81. The summed E-state index contributed by atoms with van der Waals surface area (Å²) in [5.41, 5.74) is 7.36. The van der Waals surface area contributed by atoms with Gasteiger partial charge in [-0.2, -0.15) is 0 Å². The van der Waals surface area contributed by atoms with Crippen molar-refractivity contribution in [2.45, 2.75) is 12.8 Å². The second-order valence-corrected chi connectivity index (χ2v) is 6.43. The monoisotopic (exact) mass is 394 g/mol. The number of carbonyl (C=O) groups is 2. The van der Waals surface area contributed by atoms with Crippen LogP contribution in [0.3, 0.4) is 0 Å². The van der Waals surface area contributed by atoms with Crippen molar-refractivity contribution in [3.05, 3.63) is 52.5 Å². The number of nitrogen functional groups attached to an aromatic ring is 1. The molecule has 0 aliphatic heterocycles. The van der Waals surface area contributed by atoms with E-state index in [2.05, 4.69) is 16.0 Å². The van der Waals surface area contributed by atoms with Gasteiger partial charge in [-0.25, -0.2) is 0 Å². The van der Waals surface area contributed by atoms with E-state index >= 15 is 0 Å². The number of hydrogen-bond donors (Lipinski definition) is 4. The first-order chi connectivity index (χ1) is 12.5. The molecular weight excluding hydrogens is 375 g/mol. The van der Waals surface area contributed by atoms with Crippen molar-refractivity contribution in [1.82, 2.24) is 5.32 Å². The van der Waals surface area contributed by atoms with Crippen molar-refractivity contribution in [2.24, 2.45) is 0 Å². The fourth-order valence-corrected chi connectivity index (χ4v) is 2.52. The van der Waals surface area contributed by atoms with E-state index in [0.29, 0.717) is 46.5 Å². The second kappa shape index (κ2) is 10.0. The molecule has 0 atom stereocenters.